The zero-order valence-electron chi connectivity index (χ0n) is 19.6. The Morgan fingerprint density at radius 3 is 2.69 bits per heavy atom. The van der Waals surface area contributed by atoms with Crippen LogP contribution in [0.1, 0.15) is 45.0 Å². The fraction of sp³-hybridized carbons (Fsp3) is 0.0606. The maximum absolute atomic E-state index is 6.26. The van der Waals surface area contributed by atoms with Crippen molar-refractivity contribution in [2.24, 2.45) is 0 Å². The molecular weight excluding hydrogens is 437 g/mol. The first-order valence-electron chi connectivity index (χ1n) is 12.5. The standard InChI is InChI=1S/C33H19BNO/c1-17-15-24(21-13-14-23-31(21)35-32-22-9-4-5-12-27(22)36-33(23)32)30-25(16-17)28-19-8-3-2-7-18(19)20-10-6-11-26(34-30)29(20)28/h2-12,14-16,28,35H,1H3/t28-/m1/s1. The molecule has 1 radical (unpaired) electrons. The molecule has 4 aromatic carbocycles. The molecule has 2 nitrogen and oxygen atoms in total. The molecule has 0 fully saturated rings. The van der Waals surface area contributed by atoms with Gasteiger partial charge < -0.3 is 9.40 Å². The lowest BCUT2D eigenvalue weighted by Crippen LogP contribution is -2.41. The summed E-state index contributed by atoms with van der Waals surface area (Å²) in [6.45, 7) is 2.21. The number of fused-ring (bicyclic) bond motifs is 10. The van der Waals surface area contributed by atoms with Crippen molar-refractivity contribution in [2.75, 3.05) is 0 Å². The average molecular weight is 456 g/mol. The highest BCUT2D eigenvalue weighted by Gasteiger charge is 2.38. The summed E-state index contributed by atoms with van der Waals surface area (Å²) in [4.78, 5) is 3.71. The van der Waals surface area contributed by atoms with Gasteiger partial charge in [-0.25, -0.2) is 0 Å². The number of furan rings is 1. The maximum Gasteiger partial charge on any atom is 0.193 e. The summed E-state index contributed by atoms with van der Waals surface area (Å²) in [5, 5.41) is 1.12. The molecule has 3 heteroatoms. The van der Waals surface area contributed by atoms with Crippen LogP contribution in [0.2, 0.25) is 0 Å². The largest absolute Gasteiger partial charge is 0.454 e. The van der Waals surface area contributed by atoms with Gasteiger partial charge in [0.1, 0.15) is 5.58 Å². The normalized spacial score (nSPS) is 16.0. The van der Waals surface area contributed by atoms with Crippen LogP contribution in [0.5, 0.6) is 0 Å². The number of hydrogen-bond acceptors (Lipinski definition) is 1. The Morgan fingerprint density at radius 1 is 0.861 bits per heavy atom. The van der Waals surface area contributed by atoms with Crippen LogP contribution in [0.25, 0.3) is 44.8 Å². The Morgan fingerprint density at radius 2 is 1.72 bits per heavy atom. The SMILES string of the molecule is Cc1cc(C2=C=Cc3c2[nH]c2c3oc3ccccc32)c2c(c1)[C@H]1c3ccccc3-c3cccc(c31)[B]2. The molecule has 0 saturated carbocycles. The Labute approximate surface area is 208 Å². The van der Waals surface area contributed by atoms with Crippen LogP contribution >= 0.6 is 0 Å². The van der Waals surface area contributed by atoms with E-state index in [0.29, 0.717) is 0 Å². The first-order valence-corrected chi connectivity index (χ1v) is 12.5. The molecule has 0 spiro atoms. The minimum absolute atomic E-state index is 0.264. The minimum atomic E-state index is 0.264. The van der Waals surface area contributed by atoms with E-state index in [1.807, 2.05) is 12.1 Å². The summed E-state index contributed by atoms with van der Waals surface area (Å²) in [7, 11) is 2.39. The van der Waals surface area contributed by atoms with Crippen LogP contribution in [0, 0.1) is 6.92 Å². The number of hydrogen-bond donors (Lipinski definition) is 1. The highest BCUT2D eigenvalue weighted by molar-refractivity contribution is 6.70. The number of aromatic amines is 1. The monoisotopic (exact) mass is 456 g/mol. The van der Waals surface area contributed by atoms with Crippen molar-refractivity contribution >= 4 is 51.9 Å². The molecule has 36 heavy (non-hydrogen) atoms. The van der Waals surface area contributed by atoms with Crippen LogP contribution in [0.15, 0.2) is 89.0 Å². The van der Waals surface area contributed by atoms with Gasteiger partial charge in [-0.2, -0.15) is 0 Å². The van der Waals surface area contributed by atoms with Crippen molar-refractivity contribution < 1.29 is 4.42 Å². The quantitative estimate of drug-likeness (QED) is 0.225. The lowest BCUT2D eigenvalue weighted by Gasteiger charge is -2.28. The predicted octanol–water partition coefficient (Wildman–Crippen LogP) is 6.41. The van der Waals surface area contributed by atoms with E-state index in [1.165, 1.54) is 49.9 Å². The number of rotatable bonds is 1. The molecule has 3 aliphatic rings. The van der Waals surface area contributed by atoms with Gasteiger partial charge in [0.2, 0.25) is 0 Å². The van der Waals surface area contributed by atoms with Crippen molar-refractivity contribution in [1.29, 1.82) is 0 Å². The summed E-state index contributed by atoms with van der Waals surface area (Å²) in [5.74, 6) is 0.264. The van der Waals surface area contributed by atoms with Gasteiger partial charge in [0.25, 0.3) is 0 Å². The van der Waals surface area contributed by atoms with Crippen molar-refractivity contribution in [3.63, 3.8) is 0 Å². The van der Waals surface area contributed by atoms with Gasteiger partial charge >= 0.3 is 0 Å². The molecule has 1 N–H and O–H groups in total. The third kappa shape index (κ3) is 2.20. The molecule has 165 valence electrons. The smallest absolute Gasteiger partial charge is 0.193 e. The van der Waals surface area contributed by atoms with E-state index in [1.54, 1.807) is 0 Å². The van der Waals surface area contributed by atoms with E-state index in [4.69, 9.17) is 4.42 Å². The Kier molecular flexibility index (Phi) is 3.35. The second kappa shape index (κ2) is 6.40. The summed E-state index contributed by atoms with van der Waals surface area (Å²) < 4.78 is 6.26. The van der Waals surface area contributed by atoms with Gasteiger partial charge in [-0.1, -0.05) is 83.2 Å². The molecule has 1 aliphatic heterocycles. The number of benzene rings is 4. The van der Waals surface area contributed by atoms with Gasteiger partial charge in [0.15, 0.2) is 12.9 Å². The van der Waals surface area contributed by atoms with E-state index < -0.39 is 0 Å². The molecule has 2 aromatic heterocycles. The van der Waals surface area contributed by atoms with E-state index >= 15 is 0 Å². The zero-order valence-corrected chi connectivity index (χ0v) is 19.6. The molecule has 1 atom stereocenters. The number of aryl methyl sites for hydroxylation is 1. The van der Waals surface area contributed by atoms with Crippen molar-refractivity contribution in [2.45, 2.75) is 12.8 Å². The molecule has 6 aromatic rings. The van der Waals surface area contributed by atoms with Gasteiger partial charge in [0, 0.05) is 16.9 Å². The third-order valence-electron chi connectivity index (χ3n) is 8.20. The van der Waals surface area contributed by atoms with Gasteiger partial charge in [-0.3, -0.25) is 0 Å². The third-order valence-corrected chi connectivity index (χ3v) is 8.20. The van der Waals surface area contributed by atoms with Gasteiger partial charge in [-0.05, 0) is 58.5 Å². The fourth-order valence-corrected chi connectivity index (χ4v) is 6.76. The van der Waals surface area contributed by atoms with Gasteiger partial charge in [-0.15, -0.1) is 5.73 Å². The topological polar surface area (TPSA) is 28.9 Å². The lowest BCUT2D eigenvalue weighted by molar-refractivity contribution is 0.669. The van der Waals surface area contributed by atoms with E-state index in [-0.39, 0.29) is 5.92 Å². The predicted molar refractivity (Wildman–Crippen MR) is 148 cm³/mol. The van der Waals surface area contributed by atoms with Crippen LogP contribution in [-0.4, -0.2) is 12.3 Å². The number of nitrogens with one attached hydrogen (secondary N) is 1. The Bertz CT molecular complexity index is 2030. The molecule has 3 heterocycles. The summed E-state index contributed by atoms with van der Waals surface area (Å²) in [6.07, 6.45) is 2.08. The molecule has 0 bridgehead atoms. The fourth-order valence-electron chi connectivity index (χ4n) is 6.76. The van der Waals surface area contributed by atoms with Gasteiger partial charge in [0.05, 0.1) is 16.8 Å². The van der Waals surface area contributed by atoms with Crippen molar-refractivity contribution in [3.05, 3.63) is 124 Å². The van der Waals surface area contributed by atoms with Crippen LogP contribution in [-0.2, 0) is 0 Å². The molecule has 2 aliphatic carbocycles. The summed E-state index contributed by atoms with van der Waals surface area (Å²) in [6, 6.07) is 28.6. The molecule has 0 amide bonds. The first-order chi connectivity index (χ1) is 17.8. The van der Waals surface area contributed by atoms with Crippen molar-refractivity contribution in [3.8, 4) is 11.1 Å². The van der Waals surface area contributed by atoms with E-state index in [9.17, 15) is 0 Å². The van der Waals surface area contributed by atoms with Crippen LogP contribution in [0.3, 0.4) is 0 Å². The zero-order chi connectivity index (χ0) is 23.5. The number of H-pyrrole nitrogens is 1. The van der Waals surface area contributed by atoms with E-state index in [0.717, 1.165) is 38.9 Å². The first kappa shape index (κ1) is 18.8. The Hall–Kier alpha value is -4.46. The lowest BCUT2D eigenvalue weighted by atomic mass is 9.52. The average Bonchev–Trinajstić information content (AvgIpc) is 3.64. The van der Waals surface area contributed by atoms with Crippen LogP contribution < -0.4 is 10.9 Å². The minimum Gasteiger partial charge on any atom is -0.454 e. The second-order valence-corrected chi connectivity index (χ2v) is 10.2. The highest BCUT2D eigenvalue weighted by Crippen LogP contribution is 2.49. The molecule has 0 unspecified atom stereocenters. The summed E-state index contributed by atoms with van der Waals surface area (Å²) in [5.41, 5.74) is 21.9. The highest BCUT2D eigenvalue weighted by atomic mass is 16.3. The molecule has 0 saturated heterocycles. The summed E-state index contributed by atoms with van der Waals surface area (Å²) >= 11 is 0. The number of para-hydroxylation sites is 1. The van der Waals surface area contributed by atoms with Crippen molar-refractivity contribution in [1.82, 2.24) is 4.98 Å². The maximum atomic E-state index is 6.26. The Balaban J connectivity index is 1.29. The number of aromatic nitrogens is 1. The molecular formula is C33H19BNO. The second-order valence-electron chi connectivity index (χ2n) is 10.2. The molecule has 9 rings (SSSR count). The van der Waals surface area contributed by atoms with Crippen LogP contribution in [0.4, 0.5) is 0 Å². The van der Waals surface area contributed by atoms with E-state index in [2.05, 4.69) is 97.7 Å².